The highest BCUT2D eigenvalue weighted by Gasteiger charge is 2.11. The van der Waals surface area contributed by atoms with Crippen molar-refractivity contribution in [1.29, 1.82) is 0 Å². The average molecular weight is 491 g/mol. The van der Waals surface area contributed by atoms with Crippen molar-refractivity contribution in [2.75, 3.05) is 11.9 Å². The summed E-state index contributed by atoms with van der Waals surface area (Å²) in [6, 6.07) is 10.6. The molecular formula is C19H24F2IN3O2. The van der Waals surface area contributed by atoms with Gasteiger partial charge in [-0.2, -0.15) is 8.78 Å². The molecule has 0 heterocycles. The lowest BCUT2D eigenvalue weighted by molar-refractivity contribution is -0.0514. The summed E-state index contributed by atoms with van der Waals surface area (Å²) in [7, 11) is 0. The minimum absolute atomic E-state index is 0. The zero-order valence-electron chi connectivity index (χ0n) is 15.5. The largest absolute Gasteiger partial charge is 0.490 e. The van der Waals surface area contributed by atoms with Crippen molar-refractivity contribution in [3.63, 3.8) is 0 Å². The molecule has 0 amide bonds. The first-order valence-electron chi connectivity index (χ1n) is 8.23. The maximum atomic E-state index is 12.4. The van der Waals surface area contributed by atoms with Gasteiger partial charge in [0, 0.05) is 5.69 Å². The number of nitrogens with zero attached hydrogens (tertiary/aromatic N) is 1. The fourth-order valence-corrected chi connectivity index (χ4v) is 2.30. The molecule has 8 heteroatoms. The van der Waals surface area contributed by atoms with Gasteiger partial charge in [0.2, 0.25) is 0 Å². The molecule has 0 aromatic heterocycles. The van der Waals surface area contributed by atoms with Gasteiger partial charge in [0.25, 0.3) is 0 Å². The smallest absolute Gasteiger partial charge is 0.387 e. The maximum absolute atomic E-state index is 12.4. The van der Waals surface area contributed by atoms with Crippen LogP contribution < -0.4 is 20.5 Å². The molecule has 0 bridgehead atoms. The fraction of sp³-hybridized carbons (Fsp3) is 0.316. The van der Waals surface area contributed by atoms with Crippen LogP contribution in [0.1, 0.15) is 23.6 Å². The summed E-state index contributed by atoms with van der Waals surface area (Å²) in [6.45, 7) is 3.53. The van der Waals surface area contributed by atoms with Crippen LogP contribution in [-0.2, 0) is 6.54 Å². The van der Waals surface area contributed by atoms with Gasteiger partial charge >= 0.3 is 6.61 Å². The van der Waals surface area contributed by atoms with Crippen molar-refractivity contribution < 1.29 is 18.3 Å². The average Bonchev–Trinajstić information content (AvgIpc) is 2.58. The first-order valence-corrected chi connectivity index (χ1v) is 8.23. The number of hydrogen-bond acceptors (Lipinski definition) is 3. The van der Waals surface area contributed by atoms with Gasteiger partial charge in [-0.05, 0) is 61.7 Å². The Bertz CT molecular complexity index is 786. The summed E-state index contributed by atoms with van der Waals surface area (Å²) in [5.74, 6) is 0.510. The molecule has 0 aliphatic heterocycles. The molecule has 0 spiro atoms. The van der Waals surface area contributed by atoms with E-state index in [0.717, 1.165) is 16.8 Å². The summed E-state index contributed by atoms with van der Waals surface area (Å²) in [4.78, 5) is 4.27. The van der Waals surface area contributed by atoms with Crippen LogP contribution in [0.3, 0.4) is 0 Å². The number of nitrogens with two attached hydrogens (primary N) is 1. The Morgan fingerprint density at radius 3 is 2.48 bits per heavy atom. The number of halogens is 3. The summed E-state index contributed by atoms with van der Waals surface area (Å²) in [6.07, 6.45) is 0. The summed E-state index contributed by atoms with van der Waals surface area (Å²) >= 11 is 0. The highest BCUT2D eigenvalue weighted by molar-refractivity contribution is 14.0. The molecule has 2 aromatic rings. The molecule has 0 saturated carbocycles. The number of aryl methyl sites for hydroxylation is 2. The number of benzene rings is 2. The normalized spacial score (nSPS) is 11.1. The van der Waals surface area contributed by atoms with Crippen LogP contribution in [0.15, 0.2) is 41.4 Å². The van der Waals surface area contributed by atoms with Crippen molar-refractivity contribution in [2.45, 2.75) is 33.9 Å². The van der Waals surface area contributed by atoms with E-state index in [1.807, 2.05) is 32.0 Å². The molecular weight excluding hydrogens is 467 g/mol. The summed E-state index contributed by atoms with van der Waals surface area (Å²) in [5, 5.41) is 3.03. The van der Waals surface area contributed by atoms with Crippen LogP contribution >= 0.6 is 24.0 Å². The minimum atomic E-state index is -2.91. The van der Waals surface area contributed by atoms with E-state index in [1.54, 1.807) is 19.1 Å². The maximum Gasteiger partial charge on any atom is 0.387 e. The van der Waals surface area contributed by atoms with Crippen molar-refractivity contribution in [1.82, 2.24) is 0 Å². The third-order valence-electron chi connectivity index (χ3n) is 3.74. The molecule has 0 aliphatic rings. The third kappa shape index (κ3) is 7.20. The highest BCUT2D eigenvalue weighted by Crippen LogP contribution is 2.30. The Labute approximate surface area is 175 Å². The van der Waals surface area contributed by atoms with Crippen molar-refractivity contribution >= 4 is 35.6 Å². The Morgan fingerprint density at radius 2 is 1.85 bits per heavy atom. The molecule has 0 radical (unpaired) electrons. The SMILES string of the molecule is CCOc1cc(CN=C(N)Nc2ccc(C)c(C)c2)ccc1OC(F)F.I. The van der Waals surface area contributed by atoms with Crippen molar-refractivity contribution in [3.8, 4) is 11.5 Å². The first-order chi connectivity index (χ1) is 12.4. The summed E-state index contributed by atoms with van der Waals surface area (Å²) in [5.41, 5.74) is 9.88. The molecule has 5 nitrogen and oxygen atoms in total. The lowest BCUT2D eigenvalue weighted by atomic mass is 10.1. The Kier molecular flexibility index (Phi) is 9.27. The molecule has 148 valence electrons. The van der Waals surface area contributed by atoms with Gasteiger partial charge in [-0.25, -0.2) is 4.99 Å². The molecule has 0 aliphatic carbocycles. The highest BCUT2D eigenvalue weighted by atomic mass is 127. The number of guanidine groups is 1. The van der Waals surface area contributed by atoms with E-state index in [0.29, 0.717) is 6.61 Å². The Morgan fingerprint density at radius 1 is 1.11 bits per heavy atom. The molecule has 2 aromatic carbocycles. The standard InChI is InChI=1S/C19H23F2N3O2.HI/c1-4-25-17-10-14(6-8-16(17)26-18(20)21)11-23-19(22)24-15-7-5-12(2)13(3)9-15;/h5-10,18H,4,11H2,1-3H3,(H3,22,23,24);1H. The van der Waals surface area contributed by atoms with Gasteiger partial charge in [0.05, 0.1) is 13.2 Å². The van der Waals surface area contributed by atoms with Crippen LogP contribution in [-0.4, -0.2) is 19.2 Å². The van der Waals surface area contributed by atoms with E-state index in [-0.39, 0.29) is 48.0 Å². The number of aliphatic imine (C=N–C) groups is 1. The minimum Gasteiger partial charge on any atom is -0.490 e. The van der Waals surface area contributed by atoms with Gasteiger partial charge in [-0.1, -0.05) is 12.1 Å². The number of ether oxygens (including phenoxy) is 2. The van der Waals surface area contributed by atoms with Gasteiger partial charge in [0.15, 0.2) is 17.5 Å². The molecule has 0 saturated heterocycles. The molecule has 3 N–H and O–H groups in total. The Hall–Kier alpha value is -2.10. The lowest BCUT2D eigenvalue weighted by Crippen LogP contribution is -2.22. The van der Waals surface area contributed by atoms with E-state index in [1.165, 1.54) is 11.6 Å². The monoisotopic (exact) mass is 491 g/mol. The predicted molar refractivity (Wildman–Crippen MR) is 115 cm³/mol. The quantitative estimate of drug-likeness (QED) is 0.330. The van der Waals surface area contributed by atoms with Crippen molar-refractivity contribution in [3.05, 3.63) is 53.1 Å². The molecule has 0 unspecified atom stereocenters. The number of rotatable bonds is 7. The van der Waals surface area contributed by atoms with Crippen LogP contribution in [0.5, 0.6) is 11.5 Å². The first kappa shape index (κ1) is 22.9. The van der Waals surface area contributed by atoms with Crippen LogP contribution in [0.4, 0.5) is 14.5 Å². The third-order valence-corrected chi connectivity index (χ3v) is 3.74. The fourth-order valence-electron chi connectivity index (χ4n) is 2.30. The molecule has 27 heavy (non-hydrogen) atoms. The summed E-state index contributed by atoms with van der Waals surface area (Å²) < 4.78 is 34.7. The van der Waals surface area contributed by atoms with E-state index >= 15 is 0 Å². The second kappa shape index (κ2) is 10.9. The molecule has 0 atom stereocenters. The molecule has 2 rings (SSSR count). The van der Waals surface area contributed by atoms with E-state index in [9.17, 15) is 8.78 Å². The van der Waals surface area contributed by atoms with Gasteiger partial charge < -0.3 is 20.5 Å². The Balaban J connectivity index is 0.00000364. The van der Waals surface area contributed by atoms with Crippen LogP contribution in [0.25, 0.3) is 0 Å². The second-order valence-corrected chi connectivity index (χ2v) is 5.72. The number of hydrogen-bond donors (Lipinski definition) is 2. The van der Waals surface area contributed by atoms with E-state index in [2.05, 4.69) is 15.0 Å². The second-order valence-electron chi connectivity index (χ2n) is 5.72. The number of nitrogens with one attached hydrogen (secondary N) is 1. The van der Waals surface area contributed by atoms with Gasteiger partial charge in [-0.15, -0.1) is 24.0 Å². The predicted octanol–water partition coefficient (Wildman–Crippen LogP) is 4.85. The van der Waals surface area contributed by atoms with Gasteiger partial charge in [0.1, 0.15) is 0 Å². The van der Waals surface area contributed by atoms with Crippen LogP contribution in [0, 0.1) is 13.8 Å². The zero-order chi connectivity index (χ0) is 19.1. The van der Waals surface area contributed by atoms with Gasteiger partial charge in [-0.3, -0.25) is 0 Å². The number of anilines is 1. The lowest BCUT2D eigenvalue weighted by Gasteiger charge is -2.12. The van der Waals surface area contributed by atoms with E-state index < -0.39 is 6.61 Å². The van der Waals surface area contributed by atoms with Crippen LogP contribution in [0.2, 0.25) is 0 Å². The van der Waals surface area contributed by atoms with Crippen molar-refractivity contribution in [2.24, 2.45) is 10.7 Å². The zero-order valence-corrected chi connectivity index (χ0v) is 17.8. The molecule has 0 fully saturated rings. The topological polar surface area (TPSA) is 68.9 Å². The number of alkyl halides is 2. The van der Waals surface area contributed by atoms with E-state index in [4.69, 9.17) is 10.5 Å².